The smallest absolute Gasteiger partial charge is 0.119 e. The van der Waals surface area contributed by atoms with Crippen LogP contribution in [0.3, 0.4) is 0 Å². The summed E-state index contributed by atoms with van der Waals surface area (Å²) in [5.74, 6) is 0.915. The molecule has 1 fully saturated rings. The lowest BCUT2D eigenvalue weighted by atomic mass is 10.2. The number of hydrogen-bond donors (Lipinski definition) is 0. The molecule has 1 aliphatic heterocycles. The van der Waals surface area contributed by atoms with Crippen molar-refractivity contribution in [2.24, 2.45) is 0 Å². The zero-order valence-electron chi connectivity index (χ0n) is 18.5. The Labute approximate surface area is 185 Å². The van der Waals surface area contributed by atoms with Crippen molar-refractivity contribution in [1.82, 2.24) is 14.4 Å². The van der Waals surface area contributed by atoms with Crippen molar-refractivity contribution in [3.8, 4) is 5.75 Å². The number of aromatic nitrogens is 1. The predicted octanol–water partition coefficient (Wildman–Crippen LogP) is 3.88. The molecule has 2 heterocycles. The van der Waals surface area contributed by atoms with Gasteiger partial charge in [-0.15, -0.1) is 0 Å². The monoisotopic (exact) mass is 419 g/mol. The summed E-state index contributed by atoms with van der Waals surface area (Å²) in [7, 11) is 1.73. The SMILES string of the molecule is COc1cccc(CN(CCN2CCOCC2)Cc2cccn2Cc2ccccc2)c1. The van der Waals surface area contributed by atoms with Crippen molar-refractivity contribution in [2.45, 2.75) is 19.6 Å². The summed E-state index contributed by atoms with van der Waals surface area (Å²) in [4.78, 5) is 5.05. The highest BCUT2D eigenvalue weighted by atomic mass is 16.5. The second-order valence-corrected chi connectivity index (χ2v) is 8.13. The van der Waals surface area contributed by atoms with Crippen LogP contribution in [0.5, 0.6) is 5.75 Å². The lowest BCUT2D eigenvalue weighted by molar-refractivity contribution is 0.0323. The molecule has 5 heteroatoms. The van der Waals surface area contributed by atoms with Gasteiger partial charge in [0.25, 0.3) is 0 Å². The van der Waals surface area contributed by atoms with Gasteiger partial charge in [0.15, 0.2) is 0 Å². The summed E-state index contributed by atoms with van der Waals surface area (Å²) in [6.45, 7) is 8.54. The zero-order valence-corrected chi connectivity index (χ0v) is 18.5. The topological polar surface area (TPSA) is 29.9 Å². The molecule has 0 spiro atoms. The Hall–Kier alpha value is -2.60. The van der Waals surface area contributed by atoms with Gasteiger partial charge in [-0.05, 0) is 35.4 Å². The summed E-state index contributed by atoms with van der Waals surface area (Å²) in [5, 5.41) is 0. The maximum absolute atomic E-state index is 5.51. The first-order valence-electron chi connectivity index (χ1n) is 11.1. The van der Waals surface area contributed by atoms with Crippen LogP contribution in [0.2, 0.25) is 0 Å². The molecule has 164 valence electrons. The molecule has 3 aromatic rings. The van der Waals surface area contributed by atoms with Crippen molar-refractivity contribution in [3.63, 3.8) is 0 Å². The van der Waals surface area contributed by atoms with E-state index in [0.717, 1.165) is 64.8 Å². The van der Waals surface area contributed by atoms with E-state index in [1.54, 1.807) is 7.11 Å². The van der Waals surface area contributed by atoms with Crippen molar-refractivity contribution in [1.29, 1.82) is 0 Å². The van der Waals surface area contributed by atoms with Crippen LogP contribution < -0.4 is 4.74 Å². The van der Waals surface area contributed by atoms with Gasteiger partial charge < -0.3 is 14.0 Å². The molecular weight excluding hydrogens is 386 g/mol. The molecule has 0 saturated carbocycles. The van der Waals surface area contributed by atoms with Gasteiger partial charge in [-0.25, -0.2) is 0 Å². The van der Waals surface area contributed by atoms with E-state index < -0.39 is 0 Å². The van der Waals surface area contributed by atoms with E-state index in [1.165, 1.54) is 16.8 Å². The molecule has 1 aromatic heterocycles. The number of methoxy groups -OCH3 is 1. The van der Waals surface area contributed by atoms with Gasteiger partial charge in [0.2, 0.25) is 0 Å². The number of hydrogen-bond acceptors (Lipinski definition) is 4. The van der Waals surface area contributed by atoms with Crippen molar-refractivity contribution in [2.75, 3.05) is 46.5 Å². The third-order valence-electron chi connectivity index (χ3n) is 5.88. The van der Waals surface area contributed by atoms with Gasteiger partial charge in [0.1, 0.15) is 5.75 Å². The van der Waals surface area contributed by atoms with Crippen LogP contribution in [0.15, 0.2) is 72.9 Å². The maximum Gasteiger partial charge on any atom is 0.119 e. The van der Waals surface area contributed by atoms with Gasteiger partial charge in [-0.3, -0.25) is 9.80 Å². The molecule has 2 aromatic carbocycles. The Morgan fingerprint density at radius 1 is 0.903 bits per heavy atom. The summed E-state index contributed by atoms with van der Waals surface area (Å²) < 4.78 is 13.3. The highest BCUT2D eigenvalue weighted by molar-refractivity contribution is 5.28. The molecule has 4 rings (SSSR count). The molecule has 0 radical (unpaired) electrons. The number of morpholine rings is 1. The Morgan fingerprint density at radius 3 is 2.52 bits per heavy atom. The molecular formula is C26H33N3O2. The van der Waals surface area contributed by atoms with E-state index in [-0.39, 0.29) is 0 Å². The van der Waals surface area contributed by atoms with Gasteiger partial charge in [0.05, 0.1) is 20.3 Å². The molecule has 0 bridgehead atoms. The van der Waals surface area contributed by atoms with Crippen LogP contribution in [-0.4, -0.2) is 60.9 Å². The molecule has 1 saturated heterocycles. The summed E-state index contributed by atoms with van der Waals surface area (Å²) in [6, 6.07) is 23.5. The van der Waals surface area contributed by atoms with Crippen LogP contribution in [0.4, 0.5) is 0 Å². The molecule has 31 heavy (non-hydrogen) atoms. The quantitative estimate of drug-likeness (QED) is 0.499. The van der Waals surface area contributed by atoms with Crippen LogP contribution in [0.1, 0.15) is 16.8 Å². The van der Waals surface area contributed by atoms with Gasteiger partial charge in [-0.1, -0.05) is 42.5 Å². The standard InChI is InChI=1S/C26H33N3O2/c1-30-26-11-5-9-24(19-26)20-28(14-13-27-15-17-31-18-16-27)22-25-10-6-12-29(25)21-23-7-3-2-4-8-23/h2-12,19H,13-18,20-22H2,1H3. The first-order valence-corrected chi connectivity index (χ1v) is 11.1. The first kappa shape index (κ1) is 21.6. The van der Waals surface area contributed by atoms with Crippen LogP contribution in [0, 0.1) is 0 Å². The van der Waals surface area contributed by atoms with Crippen LogP contribution in [0.25, 0.3) is 0 Å². The fourth-order valence-corrected chi connectivity index (χ4v) is 4.11. The minimum atomic E-state index is 0.843. The summed E-state index contributed by atoms with van der Waals surface area (Å²) in [5.41, 5.74) is 3.95. The minimum Gasteiger partial charge on any atom is -0.497 e. The summed E-state index contributed by atoms with van der Waals surface area (Å²) >= 11 is 0. The third kappa shape index (κ3) is 6.44. The Bertz CT molecular complexity index is 919. The Balaban J connectivity index is 1.46. The predicted molar refractivity (Wildman–Crippen MR) is 124 cm³/mol. The molecule has 1 aliphatic rings. The average molecular weight is 420 g/mol. The average Bonchev–Trinajstić information content (AvgIpc) is 3.25. The normalized spacial score (nSPS) is 14.8. The lowest BCUT2D eigenvalue weighted by Crippen LogP contribution is -2.41. The fraction of sp³-hybridized carbons (Fsp3) is 0.385. The highest BCUT2D eigenvalue weighted by Crippen LogP contribution is 2.17. The number of benzene rings is 2. The van der Waals surface area contributed by atoms with Gasteiger partial charge >= 0.3 is 0 Å². The van der Waals surface area contributed by atoms with Gasteiger partial charge in [0, 0.05) is 57.7 Å². The number of nitrogens with zero attached hydrogens (tertiary/aromatic N) is 3. The zero-order chi connectivity index (χ0) is 21.3. The summed E-state index contributed by atoms with van der Waals surface area (Å²) in [6.07, 6.45) is 2.19. The van der Waals surface area contributed by atoms with E-state index in [4.69, 9.17) is 9.47 Å². The van der Waals surface area contributed by atoms with E-state index in [0.29, 0.717) is 0 Å². The molecule has 0 unspecified atom stereocenters. The number of rotatable bonds is 10. The first-order chi connectivity index (χ1) is 15.3. The molecule has 5 nitrogen and oxygen atoms in total. The van der Waals surface area contributed by atoms with E-state index in [2.05, 4.69) is 81.2 Å². The van der Waals surface area contributed by atoms with Crippen molar-refractivity contribution < 1.29 is 9.47 Å². The maximum atomic E-state index is 5.51. The van der Waals surface area contributed by atoms with E-state index in [9.17, 15) is 0 Å². The molecule has 0 atom stereocenters. The largest absolute Gasteiger partial charge is 0.497 e. The lowest BCUT2D eigenvalue weighted by Gasteiger charge is -2.30. The minimum absolute atomic E-state index is 0.843. The number of ether oxygens (including phenoxy) is 2. The molecule has 0 aliphatic carbocycles. The van der Waals surface area contributed by atoms with E-state index >= 15 is 0 Å². The molecule has 0 amide bonds. The van der Waals surface area contributed by atoms with Gasteiger partial charge in [-0.2, -0.15) is 0 Å². The van der Waals surface area contributed by atoms with E-state index in [1.807, 2.05) is 6.07 Å². The Morgan fingerprint density at radius 2 is 1.71 bits per heavy atom. The second-order valence-electron chi connectivity index (χ2n) is 8.13. The second kappa shape index (κ2) is 11.1. The van der Waals surface area contributed by atoms with Crippen LogP contribution >= 0.6 is 0 Å². The van der Waals surface area contributed by atoms with Crippen LogP contribution in [-0.2, 0) is 24.4 Å². The fourth-order valence-electron chi connectivity index (χ4n) is 4.11. The highest BCUT2D eigenvalue weighted by Gasteiger charge is 2.15. The van der Waals surface area contributed by atoms with Crippen molar-refractivity contribution in [3.05, 3.63) is 89.7 Å². The van der Waals surface area contributed by atoms with Crippen molar-refractivity contribution >= 4 is 0 Å². The third-order valence-corrected chi connectivity index (χ3v) is 5.88. The molecule has 0 N–H and O–H groups in total. The Kier molecular flexibility index (Phi) is 7.77.